The van der Waals surface area contributed by atoms with Gasteiger partial charge in [-0.2, -0.15) is 0 Å². The largest absolute Gasteiger partial charge is 0.361 e. The number of benzene rings is 2. The molecule has 0 amide bonds. The van der Waals surface area contributed by atoms with Crippen LogP contribution in [0.4, 0.5) is 0 Å². The van der Waals surface area contributed by atoms with Crippen LogP contribution in [0.25, 0.3) is 17.0 Å². The van der Waals surface area contributed by atoms with E-state index in [9.17, 15) is 0 Å². The minimum atomic E-state index is 1.03. The molecule has 3 aromatic rings. The maximum absolute atomic E-state index is 3.35. The topological polar surface area (TPSA) is 19.0 Å². The van der Waals surface area contributed by atoms with E-state index in [0.29, 0.717) is 0 Å². The van der Waals surface area contributed by atoms with Crippen LogP contribution in [0.1, 0.15) is 16.7 Å². The third kappa shape index (κ3) is 3.21. The van der Waals surface area contributed by atoms with Gasteiger partial charge in [-0.05, 0) is 24.6 Å². The second kappa shape index (κ2) is 6.26. The van der Waals surface area contributed by atoms with E-state index in [4.69, 9.17) is 0 Å². The summed E-state index contributed by atoms with van der Waals surface area (Å²) >= 11 is 1.95. The zero-order chi connectivity index (χ0) is 15.6. The van der Waals surface area contributed by atoms with Gasteiger partial charge in [0, 0.05) is 46.5 Å². The molecule has 1 aromatic heterocycles. The van der Waals surface area contributed by atoms with Gasteiger partial charge in [0.15, 0.2) is 0 Å². The first kappa shape index (κ1) is 14.6. The molecule has 0 unspecified atom stereocenters. The maximum atomic E-state index is 3.35. The van der Waals surface area contributed by atoms with Crippen LogP contribution in [0.3, 0.4) is 0 Å². The first-order valence-electron chi connectivity index (χ1n) is 7.95. The molecular formula is C20H20N2S. The number of nitrogens with one attached hydrogen (secondary N) is 1. The summed E-state index contributed by atoms with van der Waals surface area (Å²) in [5.41, 5.74) is 5.22. The third-order valence-corrected chi connectivity index (χ3v) is 5.39. The van der Waals surface area contributed by atoms with Crippen LogP contribution in [0, 0.1) is 6.92 Å². The number of nitrogens with zero attached hydrogens (tertiary/aromatic N) is 1. The Labute approximate surface area is 141 Å². The minimum absolute atomic E-state index is 1.03. The molecule has 1 fully saturated rings. The Morgan fingerprint density at radius 3 is 2.83 bits per heavy atom. The Kier molecular flexibility index (Phi) is 3.98. The Bertz CT molecular complexity index is 845. The quantitative estimate of drug-likeness (QED) is 0.730. The summed E-state index contributed by atoms with van der Waals surface area (Å²) in [4.78, 5) is 7.29. The van der Waals surface area contributed by atoms with Crippen molar-refractivity contribution in [3.05, 3.63) is 76.3 Å². The second-order valence-electron chi connectivity index (χ2n) is 6.15. The number of fused-ring (bicyclic) bond motifs is 1. The summed E-state index contributed by atoms with van der Waals surface area (Å²) in [5, 5.41) is 1.30. The van der Waals surface area contributed by atoms with E-state index in [2.05, 4.69) is 77.6 Å². The predicted molar refractivity (Wildman–Crippen MR) is 100 cm³/mol. The number of aromatic amines is 1. The minimum Gasteiger partial charge on any atom is -0.361 e. The molecule has 1 saturated heterocycles. The molecule has 4 rings (SSSR count). The molecule has 2 nitrogen and oxygen atoms in total. The Hall–Kier alpha value is -1.97. The van der Waals surface area contributed by atoms with E-state index in [1.54, 1.807) is 0 Å². The average molecular weight is 320 g/mol. The van der Waals surface area contributed by atoms with Gasteiger partial charge in [-0.3, -0.25) is 4.90 Å². The summed E-state index contributed by atoms with van der Waals surface area (Å²) < 4.78 is 0. The highest BCUT2D eigenvalue weighted by Gasteiger charge is 2.17. The van der Waals surface area contributed by atoms with Gasteiger partial charge in [-0.15, -0.1) is 11.8 Å². The number of rotatable bonds is 3. The van der Waals surface area contributed by atoms with Crippen molar-refractivity contribution >= 4 is 28.7 Å². The molecule has 2 heterocycles. The van der Waals surface area contributed by atoms with Gasteiger partial charge in [0.2, 0.25) is 0 Å². The number of thioether (sulfide) groups is 1. The SMILES string of the molecule is Cc1ccc(CN2CSC(=Cc3c[nH]c4ccccc34)C2)cc1. The van der Waals surface area contributed by atoms with Crippen molar-refractivity contribution in [1.29, 1.82) is 0 Å². The highest BCUT2D eigenvalue weighted by molar-refractivity contribution is 8.03. The maximum Gasteiger partial charge on any atom is 0.0496 e. The Morgan fingerprint density at radius 1 is 1.13 bits per heavy atom. The first-order chi connectivity index (χ1) is 11.3. The molecule has 0 bridgehead atoms. The molecule has 116 valence electrons. The molecule has 0 atom stereocenters. The molecule has 3 heteroatoms. The number of aromatic nitrogens is 1. The molecule has 1 aliphatic heterocycles. The fraction of sp³-hybridized carbons (Fsp3) is 0.200. The summed E-state index contributed by atoms with van der Waals surface area (Å²) in [7, 11) is 0. The number of para-hydroxylation sites is 1. The second-order valence-corrected chi connectivity index (χ2v) is 7.22. The Morgan fingerprint density at radius 2 is 1.96 bits per heavy atom. The van der Waals surface area contributed by atoms with Gasteiger partial charge in [0.25, 0.3) is 0 Å². The first-order valence-corrected chi connectivity index (χ1v) is 8.94. The van der Waals surface area contributed by atoms with Gasteiger partial charge >= 0.3 is 0 Å². The summed E-state index contributed by atoms with van der Waals surface area (Å²) in [6.07, 6.45) is 4.44. The van der Waals surface area contributed by atoms with Gasteiger partial charge in [-0.25, -0.2) is 0 Å². The van der Waals surface area contributed by atoms with Crippen molar-refractivity contribution in [2.75, 3.05) is 12.4 Å². The van der Waals surface area contributed by atoms with E-state index in [1.165, 1.54) is 32.5 Å². The number of hydrogen-bond donors (Lipinski definition) is 1. The molecule has 0 radical (unpaired) electrons. The summed E-state index contributed by atoms with van der Waals surface area (Å²) in [6, 6.07) is 17.4. The van der Waals surface area contributed by atoms with Crippen molar-refractivity contribution < 1.29 is 0 Å². The van der Waals surface area contributed by atoms with Gasteiger partial charge in [-0.1, -0.05) is 48.0 Å². The molecule has 0 aliphatic carbocycles. The van der Waals surface area contributed by atoms with Gasteiger partial charge in [0.1, 0.15) is 0 Å². The van der Waals surface area contributed by atoms with Crippen LogP contribution in [0.15, 0.2) is 59.6 Å². The van der Waals surface area contributed by atoms with Crippen LogP contribution in [0.2, 0.25) is 0 Å². The number of hydrogen-bond acceptors (Lipinski definition) is 2. The molecule has 23 heavy (non-hydrogen) atoms. The lowest BCUT2D eigenvalue weighted by atomic mass is 10.1. The highest BCUT2D eigenvalue weighted by Crippen LogP contribution is 2.31. The van der Waals surface area contributed by atoms with Gasteiger partial charge < -0.3 is 4.98 Å². The molecule has 2 aromatic carbocycles. The van der Waals surface area contributed by atoms with Gasteiger partial charge in [0.05, 0.1) is 0 Å². The van der Waals surface area contributed by atoms with E-state index < -0.39 is 0 Å². The van der Waals surface area contributed by atoms with E-state index >= 15 is 0 Å². The summed E-state index contributed by atoms with van der Waals surface area (Å²) in [6.45, 7) is 4.20. The van der Waals surface area contributed by atoms with E-state index in [-0.39, 0.29) is 0 Å². The number of H-pyrrole nitrogens is 1. The molecule has 1 aliphatic rings. The monoisotopic (exact) mass is 320 g/mol. The number of aryl methyl sites for hydroxylation is 1. The standard InChI is InChI=1S/C20H20N2S/c1-15-6-8-16(9-7-15)12-22-13-18(23-14-22)10-17-11-21-20-5-3-2-4-19(17)20/h2-11,21H,12-14H2,1H3. The lowest BCUT2D eigenvalue weighted by Gasteiger charge is -2.13. The molecule has 1 N–H and O–H groups in total. The Balaban J connectivity index is 1.48. The predicted octanol–water partition coefficient (Wildman–Crippen LogP) is 5.02. The summed E-state index contributed by atoms with van der Waals surface area (Å²) in [5.74, 6) is 1.07. The van der Waals surface area contributed by atoms with Crippen LogP contribution < -0.4 is 0 Å². The van der Waals surface area contributed by atoms with Crippen LogP contribution in [-0.4, -0.2) is 22.3 Å². The third-order valence-electron chi connectivity index (χ3n) is 4.28. The van der Waals surface area contributed by atoms with Crippen molar-refractivity contribution in [1.82, 2.24) is 9.88 Å². The smallest absolute Gasteiger partial charge is 0.0496 e. The van der Waals surface area contributed by atoms with E-state index in [1.807, 2.05) is 11.8 Å². The van der Waals surface area contributed by atoms with Crippen LogP contribution >= 0.6 is 11.8 Å². The van der Waals surface area contributed by atoms with Crippen molar-refractivity contribution in [3.8, 4) is 0 Å². The zero-order valence-electron chi connectivity index (χ0n) is 13.3. The molecular weight excluding hydrogens is 300 g/mol. The fourth-order valence-corrected chi connectivity index (χ4v) is 4.03. The average Bonchev–Trinajstić information content (AvgIpc) is 3.18. The van der Waals surface area contributed by atoms with Crippen molar-refractivity contribution in [2.24, 2.45) is 0 Å². The van der Waals surface area contributed by atoms with Crippen molar-refractivity contribution in [3.63, 3.8) is 0 Å². The fourth-order valence-electron chi connectivity index (χ4n) is 3.01. The lowest BCUT2D eigenvalue weighted by molar-refractivity contribution is 0.358. The normalized spacial score (nSPS) is 17.3. The van der Waals surface area contributed by atoms with Crippen molar-refractivity contribution in [2.45, 2.75) is 13.5 Å². The van der Waals surface area contributed by atoms with Crippen LogP contribution in [0.5, 0.6) is 0 Å². The lowest BCUT2D eigenvalue weighted by Crippen LogP contribution is -2.18. The highest BCUT2D eigenvalue weighted by atomic mass is 32.2. The zero-order valence-corrected chi connectivity index (χ0v) is 14.1. The van der Waals surface area contributed by atoms with Crippen LogP contribution in [-0.2, 0) is 6.54 Å². The molecule has 0 saturated carbocycles. The molecule has 0 spiro atoms. The van der Waals surface area contributed by atoms with E-state index in [0.717, 1.165) is 19.0 Å².